The zero-order valence-electron chi connectivity index (χ0n) is 20.1. The monoisotopic (exact) mass is 467 g/mol. The summed E-state index contributed by atoms with van der Waals surface area (Å²) in [5.41, 5.74) is 2.98. The lowest BCUT2D eigenvalue weighted by atomic mass is 9.87. The van der Waals surface area contributed by atoms with Crippen LogP contribution < -0.4 is 20.7 Å². The van der Waals surface area contributed by atoms with Gasteiger partial charge < -0.3 is 0 Å². The minimum absolute atomic E-state index is 0.00488. The molecule has 35 heavy (non-hydrogen) atoms. The Morgan fingerprint density at radius 2 is 0.886 bits per heavy atom. The van der Waals surface area contributed by atoms with E-state index in [0.29, 0.717) is 16.7 Å². The average Bonchev–Trinajstić information content (AvgIpc) is 2.89. The van der Waals surface area contributed by atoms with Gasteiger partial charge in [-0.3, -0.25) is 0 Å². The first-order valence-corrected chi connectivity index (χ1v) is 13.5. The lowest BCUT2D eigenvalue weighted by molar-refractivity contribution is 0.590. The van der Waals surface area contributed by atoms with E-state index >= 15 is 0 Å². The van der Waals surface area contributed by atoms with E-state index in [9.17, 15) is 15.8 Å². The minimum Gasteiger partial charge on any atom is -0.192 e. The second-order valence-corrected chi connectivity index (χ2v) is 13.5. The molecule has 4 aromatic carbocycles. The molecule has 3 nitrogen and oxygen atoms in total. The number of hydrogen-bond acceptors (Lipinski definition) is 3. The van der Waals surface area contributed by atoms with E-state index in [1.165, 1.54) is 5.56 Å². The first kappa shape index (κ1) is 23.7. The molecule has 0 N–H and O–H groups in total. The van der Waals surface area contributed by atoms with Gasteiger partial charge in [0.1, 0.15) is 0 Å². The maximum absolute atomic E-state index is 9.71. The van der Waals surface area contributed by atoms with Gasteiger partial charge >= 0.3 is 0 Å². The zero-order chi connectivity index (χ0) is 25.1. The Labute approximate surface area is 208 Å². The van der Waals surface area contributed by atoms with Gasteiger partial charge in [-0.25, -0.2) is 0 Å². The van der Waals surface area contributed by atoms with Crippen molar-refractivity contribution in [3.05, 3.63) is 119 Å². The van der Waals surface area contributed by atoms with E-state index in [-0.39, 0.29) is 5.41 Å². The fraction of sp³-hybridized carbons (Fsp3) is 0.129. The molecule has 4 rings (SSSR count). The van der Waals surface area contributed by atoms with Crippen molar-refractivity contribution < 1.29 is 0 Å². The van der Waals surface area contributed by atoms with E-state index in [4.69, 9.17) is 0 Å². The molecule has 0 fully saturated rings. The van der Waals surface area contributed by atoms with Crippen LogP contribution in [-0.4, -0.2) is 8.07 Å². The predicted octanol–water partition coefficient (Wildman–Crippen LogP) is 3.98. The van der Waals surface area contributed by atoms with Crippen molar-refractivity contribution in [2.24, 2.45) is 0 Å². The average molecular weight is 468 g/mol. The molecule has 0 amide bonds. The number of benzene rings is 4. The van der Waals surface area contributed by atoms with Gasteiger partial charge in [-0.1, -0.05) is 81.4 Å². The van der Waals surface area contributed by atoms with Crippen LogP contribution in [0.3, 0.4) is 0 Å². The third-order valence-corrected chi connectivity index (χ3v) is 11.2. The van der Waals surface area contributed by atoms with Crippen molar-refractivity contribution in [2.45, 2.75) is 26.2 Å². The molecule has 4 aromatic rings. The SMILES string of the molecule is CC(C)(C)c1ccc([Si](c2cccc(C#N)c2)(c2cccc(C#N)c2)c2cccc(C#N)c2)cc1. The van der Waals surface area contributed by atoms with Gasteiger partial charge in [0.15, 0.2) is 8.07 Å². The van der Waals surface area contributed by atoms with Crippen LogP contribution in [0.4, 0.5) is 0 Å². The van der Waals surface area contributed by atoms with Crippen LogP contribution in [0.15, 0.2) is 97.1 Å². The van der Waals surface area contributed by atoms with Crippen LogP contribution in [0.5, 0.6) is 0 Å². The molecule has 0 aliphatic heterocycles. The minimum atomic E-state index is -2.98. The second kappa shape index (κ2) is 9.44. The molecule has 0 aliphatic rings. The molecule has 0 radical (unpaired) electrons. The van der Waals surface area contributed by atoms with E-state index in [1.807, 2.05) is 54.6 Å². The molecular formula is C31H25N3Si. The topological polar surface area (TPSA) is 71.4 Å². The summed E-state index contributed by atoms with van der Waals surface area (Å²) in [6.45, 7) is 6.57. The van der Waals surface area contributed by atoms with Crippen LogP contribution in [0.2, 0.25) is 0 Å². The summed E-state index contributed by atoms with van der Waals surface area (Å²) in [6, 6.07) is 38.9. The summed E-state index contributed by atoms with van der Waals surface area (Å²) >= 11 is 0. The fourth-order valence-corrected chi connectivity index (χ4v) is 9.51. The van der Waals surface area contributed by atoms with Gasteiger partial charge in [0.2, 0.25) is 0 Å². The molecule has 4 heteroatoms. The van der Waals surface area contributed by atoms with Crippen LogP contribution in [-0.2, 0) is 5.41 Å². The first-order valence-electron chi connectivity index (χ1n) is 11.5. The summed E-state index contributed by atoms with van der Waals surface area (Å²) < 4.78 is 0. The molecule has 0 aliphatic carbocycles. The van der Waals surface area contributed by atoms with Crippen molar-refractivity contribution in [1.82, 2.24) is 0 Å². The van der Waals surface area contributed by atoms with Crippen molar-refractivity contribution in [3.8, 4) is 18.2 Å². The molecule has 0 saturated heterocycles. The molecule has 0 bridgehead atoms. The highest BCUT2D eigenvalue weighted by Crippen LogP contribution is 2.22. The first-order chi connectivity index (χ1) is 16.8. The fourth-order valence-electron chi connectivity index (χ4n) is 4.69. The van der Waals surface area contributed by atoms with Gasteiger partial charge in [-0.2, -0.15) is 15.8 Å². The number of rotatable bonds is 4. The lowest BCUT2D eigenvalue weighted by Crippen LogP contribution is -2.74. The van der Waals surface area contributed by atoms with Crippen LogP contribution in [0, 0.1) is 34.0 Å². The Hall–Kier alpha value is -4.43. The third-order valence-electron chi connectivity index (χ3n) is 6.46. The van der Waals surface area contributed by atoms with Crippen LogP contribution >= 0.6 is 0 Å². The van der Waals surface area contributed by atoms with E-state index in [2.05, 4.69) is 81.4 Å². The normalized spacial score (nSPS) is 11.2. The summed E-state index contributed by atoms with van der Waals surface area (Å²) in [7, 11) is -2.98. The van der Waals surface area contributed by atoms with Gasteiger partial charge in [0.25, 0.3) is 0 Å². The van der Waals surface area contributed by atoms with Crippen molar-refractivity contribution >= 4 is 28.8 Å². The van der Waals surface area contributed by atoms with E-state index in [1.54, 1.807) is 0 Å². The molecule has 0 unspecified atom stereocenters. The molecule has 168 valence electrons. The van der Waals surface area contributed by atoms with Gasteiger partial charge in [-0.05, 0) is 68.1 Å². The molecule has 0 saturated carbocycles. The Morgan fingerprint density at radius 1 is 0.514 bits per heavy atom. The molecule has 0 atom stereocenters. The Morgan fingerprint density at radius 3 is 1.20 bits per heavy atom. The van der Waals surface area contributed by atoms with Crippen LogP contribution in [0.1, 0.15) is 43.0 Å². The Balaban J connectivity index is 2.17. The smallest absolute Gasteiger partial charge is 0.179 e. The zero-order valence-corrected chi connectivity index (χ0v) is 21.1. The van der Waals surface area contributed by atoms with E-state index in [0.717, 1.165) is 20.7 Å². The Bertz CT molecular complexity index is 1370. The largest absolute Gasteiger partial charge is 0.192 e. The van der Waals surface area contributed by atoms with Gasteiger partial charge in [0.05, 0.1) is 34.9 Å². The third kappa shape index (κ3) is 4.39. The molecule has 0 heterocycles. The predicted molar refractivity (Wildman–Crippen MR) is 143 cm³/mol. The summed E-state index contributed by atoms with van der Waals surface area (Å²) in [4.78, 5) is 0. The van der Waals surface area contributed by atoms with Gasteiger partial charge in [-0.15, -0.1) is 0 Å². The van der Waals surface area contributed by atoms with Crippen molar-refractivity contribution in [2.75, 3.05) is 0 Å². The summed E-state index contributed by atoms with van der Waals surface area (Å²) in [6.07, 6.45) is 0. The number of nitrogens with zero attached hydrogens (tertiary/aromatic N) is 3. The summed E-state index contributed by atoms with van der Waals surface area (Å²) in [5, 5.41) is 33.4. The lowest BCUT2D eigenvalue weighted by Gasteiger charge is -2.35. The highest BCUT2D eigenvalue weighted by atomic mass is 28.3. The molecule has 0 aromatic heterocycles. The van der Waals surface area contributed by atoms with E-state index < -0.39 is 8.07 Å². The number of nitriles is 3. The van der Waals surface area contributed by atoms with Crippen molar-refractivity contribution in [1.29, 1.82) is 15.8 Å². The molecule has 0 spiro atoms. The van der Waals surface area contributed by atoms with Crippen LogP contribution in [0.25, 0.3) is 0 Å². The Kier molecular flexibility index (Phi) is 6.39. The summed E-state index contributed by atoms with van der Waals surface area (Å²) in [5.74, 6) is 0. The maximum atomic E-state index is 9.71. The van der Waals surface area contributed by atoms with Crippen molar-refractivity contribution in [3.63, 3.8) is 0 Å². The highest BCUT2D eigenvalue weighted by molar-refractivity contribution is 7.19. The molecular weight excluding hydrogens is 442 g/mol. The number of hydrogen-bond donors (Lipinski definition) is 0. The van der Waals surface area contributed by atoms with Gasteiger partial charge in [0, 0.05) is 0 Å². The standard InChI is InChI=1S/C31H25N3Si/c1-31(2,3)26-13-15-27(16-14-26)35(28-10-4-7-23(17-28)20-32,29-11-5-8-24(18-29)21-33)30-12-6-9-25(19-30)22-34/h4-19H,1-3H3. The quantitative estimate of drug-likeness (QED) is 0.337. The highest BCUT2D eigenvalue weighted by Gasteiger charge is 2.42. The second-order valence-electron chi connectivity index (χ2n) is 9.66. The maximum Gasteiger partial charge on any atom is 0.179 e.